The van der Waals surface area contributed by atoms with Crippen LogP contribution in [-0.4, -0.2) is 77.6 Å². The van der Waals surface area contributed by atoms with Crippen molar-refractivity contribution >= 4 is 5.96 Å². The second-order valence-electron chi connectivity index (χ2n) is 8.13. The number of aryl methyl sites for hydroxylation is 1. The number of rotatable bonds is 12. The van der Waals surface area contributed by atoms with Gasteiger partial charge in [0, 0.05) is 51.4 Å². The quantitative estimate of drug-likeness (QED) is 0.400. The highest BCUT2D eigenvalue weighted by molar-refractivity contribution is 5.79. The number of nitrogens with zero attached hydrogens (tertiary/aromatic N) is 2. The smallest absolute Gasteiger partial charge is 0.191 e. The van der Waals surface area contributed by atoms with Gasteiger partial charge in [0.2, 0.25) is 0 Å². The molecule has 30 heavy (non-hydrogen) atoms. The highest BCUT2D eigenvalue weighted by Gasteiger charge is 2.17. The van der Waals surface area contributed by atoms with Crippen LogP contribution in [0.4, 0.5) is 0 Å². The Morgan fingerprint density at radius 2 is 2.17 bits per heavy atom. The number of hydrogen-bond acceptors (Lipinski definition) is 5. The Labute approximate surface area is 182 Å². The van der Waals surface area contributed by atoms with Crippen LogP contribution in [0.15, 0.2) is 23.2 Å². The molecule has 1 saturated heterocycles. The van der Waals surface area contributed by atoms with Crippen molar-refractivity contribution in [1.29, 1.82) is 0 Å². The maximum absolute atomic E-state index is 6.15. The third-order valence-corrected chi connectivity index (χ3v) is 5.19. The molecule has 7 heteroatoms. The monoisotopic (exact) mass is 420 g/mol. The van der Waals surface area contributed by atoms with Gasteiger partial charge in [-0.3, -0.25) is 4.99 Å². The third kappa shape index (κ3) is 8.90. The molecule has 1 aliphatic rings. The first-order valence-corrected chi connectivity index (χ1v) is 11.0. The van der Waals surface area contributed by atoms with E-state index in [1.54, 1.807) is 7.05 Å². The Hall–Kier alpha value is -1.83. The summed E-state index contributed by atoms with van der Waals surface area (Å²) in [7, 11) is 5.95. The number of ether oxygens (including phenoxy) is 3. The number of hydrogen-bond donors (Lipinski definition) is 2. The molecule has 1 aliphatic heterocycles. The second-order valence-corrected chi connectivity index (χ2v) is 8.13. The van der Waals surface area contributed by atoms with Gasteiger partial charge in [0.15, 0.2) is 5.96 Å². The largest absolute Gasteiger partial charge is 0.493 e. The lowest BCUT2D eigenvalue weighted by Gasteiger charge is -2.21. The summed E-state index contributed by atoms with van der Waals surface area (Å²) < 4.78 is 17.5. The molecule has 7 nitrogen and oxygen atoms in total. The van der Waals surface area contributed by atoms with E-state index in [4.69, 9.17) is 14.2 Å². The first kappa shape index (κ1) is 24.4. The summed E-state index contributed by atoms with van der Waals surface area (Å²) in [5, 5.41) is 6.80. The van der Waals surface area contributed by atoms with E-state index in [0.29, 0.717) is 25.7 Å². The summed E-state index contributed by atoms with van der Waals surface area (Å²) >= 11 is 0. The van der Waals surface area contributed by atoms with E-state index in [1.807, 2.05) is 6.92 Å². The first-order chi connectivity index (χ1) is 14.5. The zero-order valence-corrected chi connectivity index (χ0v) is 19.4. The van der Waals surface area contributed by atoms with E-state index in [9.17, 15) is 0 Å². The molecule has 2 rings (SSSR count). The van der Waals surface area contributed by atoms with Crippen LogP contribution in [0, 0.1) is 12.8 Å². The van der Waals surface area contributed by atoms with Crippen LogP contribution in [0.2, 0.25) is 0 Å². The fourth-order valence-electron chi connectivity index (χ4n) is 3.36. The molecule has 1 aromatic carbocycles. The maximum Gasteiger partial charge on any atom is 0.191 e. The fourth-order valence-corrected chi connectivity index (χ4v) is 3.36. The van der Waals surface area contributed by atoms with Crippen LogP contribution < -0.4 is 15.4 Å². The molecule has 2 N–H and O–H groups in total. The van der Waals surface area contributed by atoms with Crippen molar-refractivity contribution in [3.8, 4) is 5.75 Å². The lowest BCUT2D eigenvalue weighted by Crippen LogP contribution is -2.42. The van der Waals surface area contributed by atoms with Crippen molar-refractivity contribution in [3.63, 3.8) is 0 Å². The average Bonchev–Trinajstić information content (AvgIpc) is 3.25. The van der Waals surface area contributed by atoms with Crippen molar-refractivity contribution < 1.29 is 14.2 Å². The molecular weight excluding hydrogens is 380 g/mol. The summed E-state index contributed by atoms with van der Waals surface area (Å²) in [5.74, 6) is 2.18. The van der Waals surface area contributed by atoms with Crippen molar-refractivity contribution in [2.75, 3.05) is 60.7 Å². The standard InChI is InChI=1S/C23H40N4O3/c1-6-29-21(9-11-27(4)5)15-26-23(24-3)25-14-20-8-7-18(2)13-22(20)30-17-19-10-12-28-16-19/h7-8,13,19,21H,6,9-12,14-17H2,1-5H3,(H2,24,25,26). The zero-order chi connectivity index (χ0) is 21.8. The van der Waals surface area contributed by atoms with Crippen molar-refractivity contribution in [3.05, 3.63) is 29.3 Å². The molecule has 1 aromatic rings. The van der Waals surface area contributed by atoms with Gasteiger partial charge in [-0.2, -0.15) is 0 Å². The molecule has 0 spiro atoms. The number of guanidine groups is 1. The molecule has 0 amide bonds. The van der Waals surface area contributed by atoms with Crippen LogP contribution in [0.1, 0.15) is 30.9 Å². The van der Waals surface area contributed by atoms with E-state index in [1.165, 1.54) is 5.56 Å². The summed E-state index contributed by atoms with van der Waals surface area (Å²) in [6, 6.07) is 6.34. The summed E-state index contributed by atoms with van der Waals surface area (Å²) in [6.45, 7) is 9.53. The third-order valence-electron chi connectivity index (χ3n) is 5.19. The molecule has 0 saturated carbocycles. The van der Waals surface area contributed by atoms with Crippen molar-refractivity contribution in [2.45, 2.75) is 39.3 Å². The minimum atomic E-state index is 0.155. The van der Waals surface area contributed by atoms with Gasteiger partial charge in [-0.1, -0.05) is 12.1 Å². The lowest BCUT2D eigenvalue weighted by atomic mass is 10.1. The Bertz CT molecular complexity index is 645. The number of nitrogens with one attached hydrogen (secondary N) is 2. The predicted octanol–water partition coefficient (Wildman–Crippen LogP) is 2.43. The molecule has 0 aliphatic carbocycles. The zero-order valence-electron chi connectivity index (χ0n) is 19.4. The molecular formula is C23H40N4O3. The number of aliphatic imine (C=N–C) groups is 1. The van der Waals surface area contributed by atoms with Crippen LogP contribution >= 0.6 is 0 Å². The van der Waals surface area contributed by atoms with Gasteiger partial charge in [-0.15, -0.1) is 0 Å². The van der Waals surface area contributed by atoms with Crippen molar-refractivity contribution in [2.24, 2.45) is 10.9 Å². The summed E-state index contributed by atoms with van der Waals surface area (Å²) in [6.07, 6.45) is 2.21. The first-order valence-electron chi connectivity index (χ1n) is 11.0. The highest BCUT2D eigenvalue weighted by atomic mass is 16.5. The number of benzene rings is 1. The van der Waals surface area contributed by atoms with Crippen LogP contribution in [0.3, 0.4) is 0 Å². The van der Waals surface area contributed by atoms with Gasteiger partial charge in [-0.25, -0.2) is 0 Å². The molecule has 0 aromatic heterocycles. The minimum absolute atomic E-state index is 0.155. The minimum Gasteiger partial charge on any atom is -0.493 e. The van der Waals surface area contributed by atoms with Crippen LogP contribution in [-0.2, 0) is 16.0 Å². The molecule has 2 unspecified atom stereocenters. The topological polar surface area (TPSA) is 67.4 Å². The van der Waals surface area contributed by atoms with E-state index in [0.717, 1.165) is 56.4 Å². The van der Waals surface area contributed by atoms with Gasteiger partial charge in [-0.05, 0) is 52.4 Å². The van der Waals surface area contributed by atoms with Crippen LogP contribution in [0.5, 0.6) is 5.75 Å². The van der Waals surface area contributed by atoms with E-state index < -0.39 is 0 Å². The van der Waals surface area contributed by atoms with E-state index in [2.05, 4.69) is 59.7 Å². The van der Waals surface area contributed by atoms with Gasteiger partial charge in [0.05, 0.1) is 19.3 Å². The molecule has 2 atom stereocenters. The van der Waals surface area contributed by atoms with E-state index in [-0.39, 0.29) is 6.10 Å². The SMILES string of the molecule is CCOC(CCN(C)C)CNC(=NC)NCc1ccc(C)cc1OCC1CCOC1. The van der Waals surface area contributed by atoms with Crippen molar-refractivity contribution in [1.82, 2.24) is 15.5 Å². The molecule has 1 fully saturated rings. The van der Waals surface area contributed by atoms with Gasteiger partial charge >= 0.3 is 0 Å². The van der Waals surface area contributed by atoms with E-state index >= 15 is 0 Å². The average molecular weight is 421 g/mol. The lowest BCUT2D eigenvalue weighted by molar-refractivity contribution is 0.0548. The normalized spacial score (nSPS) is 17.9. The van der Waals surface area contributed by atoms with Gasteiger partial charge in [0.1, 0.15) is 5.75 Å². The molecule has 0 radical (unpaired) electrons. The summed E-state index contributed by atoms with van der Waals surface area (Å²) in [4.78, 5) is 6.53. The predicted molar refractivity (Wildman–Crippen MR) is 122 cm³/mol. The fraction of sp³-hybridized carbons (Fsp3) is 0.696. The van der Waals surface area contributed by atoms with Crippen LogP contribution in [0.25, 0.3) is 0 Å². The molecule has 170 valence electrons. The molecule has 1 heterocycles. The maximum atomic E-state index is 6.15. The second kappa shape index (κ2) is 13.5. The Morgan fingerprint density at radius 3 is 2.83 bits per heavy atom. The van der Waals surface area contributed by atoms with Gasteiger partial charge in [0.25, 0.3) is 0 Å². The molecule has 0 bridgehead atoms. The Morgan fingerprint density at radius 1 is 1.33 bits per heavy atom. The Kier molecular flexibility index (Phi) is 11.0. The van der Waals surface area contributed by atoms with Gasteiger partial charge < -0.3 is 29.7 Å². The Balaban J connectivity index is 1.87. The summed E-state index contributed by atoms with van der Waals surface area (Å²) in [5.41, 5.74) is 2.32. The highest BCUT2D eigenvalue weighted by Crippen LogP contribution is 2.22.